The van der Waals surface area contributed by atoms with Crippen LogP contribution in [0.25, 0.3) is 0 Å². The van der Waals surface area contributed by atoms with E-state index < -0.39 is 29.5 Å². The number of rotatable bonds is 6. The number of hydrogen-bond acceptors (Lipinski definition) is 2. The fourth-order valence-electron chi connectivity index (χ4n) is 1.71. The molecule has 19 heavy (non-hydrogen) atoms. The molecule has 0 radical (unpaired) electrons. The number of amides is 1. The molecule has 1 amide bonds. The minimum atomic E-state index is -1.68. The van der Waals surface area contributed by atoms with E-state index in [1.54, 1.807) is 6.92 Å². The average molecular weight is 275 g/mol. The average Bonchev–Trinajstić information content (AvgIpc) is 2.34. The number of nitrogens with zero attached hydrogens (tertiary/aromatic N) is 1. The second-order valence-corrected chi connectivity index (χ2v) is 3.88. The smallest absolute Gasteiger partial charge is 0.331 e. The maximum absolute atomic E-state index is 13.1. The Bertz CT molecular complexity index is 470. The summed E-state index contributed by atoms with van der Waals surface area (Å²) in [6.45, 7) is 1.81. The maximum Gasteiger partial charge on any atom is 0.331 e. The van der Waals surface area contributed by atoms with Crippen LogP contribution in [0.15, 0.2) is 12.1 Å². The first-order valence-electron chi connectivity index (χ1n) is 5.50. The lowest BCUT2D eigenvalue weighted by Gasteiger charge is -2.24. The highest BCUT2D eigenvalue weighted by Gasteiger charge is 2.28. The molecule has 4 nitrogen and oxygen atoms in total. The third kappa shape index (κ3) is 3.24. The Balaban J connectivity index is 3.26. The largest absolute Gasteiger partial charge is 0.479 e. The summed E-state index contributed by atoms with van der Waals surface area (Å²) in [4.78, 5) is 22.9. The topological polar surface area (TPSA) is 57.6 Å². The van der Waals surface area contributed by atoms with Crippen LogP contribution in [-0.2, 0) is 9.59 Å². The van der Waals surface area contributed by atoms with Crippen LogP contribution in [0.5, 0.6) is 0 Å². The lowest BCUT2D eigenvalue weighted by atomic mass is 10.0. The first-order valence-corrected chi connectivity index (χ1v) is 5.50. The molecular formula is C12H12F3NO3. The van der Waals surface area contributed by atoms with Crippen LogP contribution in [0.2, 0.25) is 0 Å². The fraction of sp³-hybridized carbons (Fsp3) is 0.333. The van der Waals surface area contributed by atoms with Crippen LogP contribution >= 0.6 is 0 Å². The molecule has 1 aromatic carbocycles. The van der Waals surface area contributed by atoms with Gasteiger partial charge in [0.25, 0.3) is 0 Å². The highest BCUT2D eigenvalue weighted by Crippen LogP contribution is 2.24. The predicted molar refractivity (Wildman–Crippen MR) is 59.8 cm³/mol. The van der Waals surface area contributed by atoms with E-state index in [-0.39, 0.29) is 18.5 Å². The lowest BCUT2D eigenvalue weighted by Crippen LogP contribution is -2.34. The van der Waals surface area contributed by atoms with Crippen molar-refractivity contribution in [3.05, 3.63) is 35.1 Å². The van der Waals surface area contributed by atoms with E-state index >= 15 is 0 Å². The Labute approximate surface area is 107 Å². The van der Waals surface area contributed by atoms with Crippen molar-refractivity contribution in [3.63, 3.8) is 0 Å². The fourth-order valence-corrected chi connectivity index (χ4v) is 1.71. The Morgan fingerprint density at radius 3 is 2.26 bits per heavy atom. The summed E-state index contributed by atoms with van der Waals surface area (Å²) in [6, 6.07) is -0.408. The molecule has 1 unspecified atom stereocenters. The molecule has 1 N–H and O–H groups in total. The molecule has 0 spiro atoms. The monoisotopic (exact) mass is 275 g/mol. The van der Waals surface area contributed by atoms with Gasteiger partial charge >= 0.3 is 5.97 Å². The van der Waals surface area contributed by atoms with Gasteiger partial charge in [0.15, 0.2) is 23.5 Å². The van der Waals surface area contributed by atoms with Gasteiger partial charge in [0, 0.05) is 6.54 Å². The first-order chi connectivity index (χ1) is 8.92. The van der Waals surface area contributed by atoms with Gasteiger partial charge in [-0.05, 0) is 24.1 Å². The number of halogens is 3. The summed E-state index contributed by atoms with van der Waals surface area (Å²) >= 11 is 0. The van der Waals surface area contributed by atoms with Gasteiger partial charge in [0.05, 0.1) is 0 Å². The van der Waals surface area contributed by atoms with Crippen LogP contribution in [0.3, 0.4) is 0 Å². The Hall–Kier alpha value is -2.05. The van der Waals surface area contributed by atoms with Gasteiger partial charge in [0.1, 0.15) is 0 Å². The van der Waals surface area contributed by atoms with E-state index in [4.69, 9.17) is 5.11 Å². The number of carboxylic acid groups (broad SMARTS) is 1. The highest BCUT2D eigenvalue weighted by molar-refractivity contribution is 5.78. The summed E-state index contributed by atoms with van der Waals surface area (Å²) in [6.07, 6.45) is 0.746. The molecule has 0 aliphatic rings. The van der Waals surface area contributed by atoms with Crippen molar-refractivity contribution < 1.29 is 27.9 Å². The summed E-state index contributed by atoms with van der Waals surface area (Å²) in [7, 11) is 0. The van der Waals surface area contributed by atoms with Crippen molar-refractivity contribution in [1.82, 2.24) is 4.90 Å². The zero-order chi connectivity index (χ0) is 14.6. The number of aliphatic carboxylic acids is 1. The second kappa shape index (κ2) is 6.21. The Morgan fingerprint density at radius 2 is 1.89 bits per heavy atom. The molecule has 1 atom stereocenters. The van der Waals surface area contributed by atoms with E-state index in [0.717, 1.165) is 4.90 Å². The second-order valence-electron chi connectivity index (χ2n) is 3.88. The number of carboxylic acids is 1. The molecule has 1 rings (SSSR count). The summed E-state index contributed by atoms with van der Waals surface area (Å²) in [5, 5.41) is 9.07. The predicted octanol–water partition coefficient (Wildman–Crippen LogP) is 2.10. The highest BCUT2D eigenvalue weighted by atomic mass is 19.2. The SMILES string of the molecule is CCCN(C=O)C(C(=O)O)c1cc(F)c(F)c(F)c1. The molecule has 0 heterocycles. The Morgan fingerprint density at radius 1 is 1.37 bits per heavy atom. The van der Waals surface area contributed by atoms with Gasteiger partial charge in [-0.2, -0.15) is 0 Å². The molecule has 0 aromatic heterocycles. The lowest BCUT2D eigenvalue weighted by molar-refractivity contribution is -0.146. The van der Waals surface area contributed by atoms with Gasteiger partial charge in [-0.3, -0.25) is 4.79 Å². The molecule has 7 heteroatoms. The molecule has 0 aliphatic carbocycles. The van der Waals surface area contributed by atoms with Crippen molar-refractivity contribution in [2.75, 3.05) is 6.54 Å². The van der Waals surface area contributed by atoms with E-state index in [0.29, 0.717) is 18.6 Å². The number of carbonyl (C=O) groups excluding carboxylic acids is 1. The van der Waals surface area contributed by atoms with Crippen molar-refractivity contribution in [2.24, 2.45) is 0 Å². The molecule has 0 saturated heterocycles. The van der Waals surface area contributed by atoms with Gasteiger partial charge in [0.2, 0.25) is 6.41 Å². The van der Waals surface area contributed by atoms with E-state index in [1.807, 2.05) is 0 Å². The standard InChI is InChI=1S/C12H12F3NO3/c1-2-3-16(6-17)11(12(18)19)7-4-8(13)10(15)9(14)5-7/h4-6,11H,2-3H2,1H3,(H,18,19). The van der Waals surface area contributed by atoms with Crippen LogP contribution in [-0.4, -0.2) is 28.9 Å². The van der Waals surface area contributed by atoms with Gasteiger partial charge in [-0.25, -0.2) is 18.0 Å². The third-order valence-electron chi connectivity index (χ3n) is 2.50. The van der Waals surface area contributed by atoms with Crippen molar-refractivity contribution in [3.8, 4) is 0 Å². The van der Waals surface area contributed by atoms with E-state index in [2.05, 4.69) is 0 Å². The number of hydrogen-bond donors (Lipinski definition) is 1. The molecule has 0 bridgehead atoms. The summed E-state index contributed by atoms with van der Waals surface area (Å²) in [5.74, 6) is -6.13. The number of carbonyl (C=O) groups is 2. The van der Waals surface area contributed by atoms with Gasteiger partial charge in [-0.1, -0.05) is 6.92 Å². The third-order valence-corrected chi connectivity index (χ3v) is 2.50. The first kappa shape index (κ1) is 15.0. The van der Waals surface area contributed by atoms with Gasteiger partial charge < -0.3 is 10.0 Å². The normalized spacial score (nSPS) is 12.0. The Kier molecular flexibility index (Phi) is 4.91. The molecular weight excluding hydrogens is 263 g/mol. The molecule has 0 aliphatic heterocycles. The molecule has 0 fully saturated rings. The zero-order valence-corrected chi connectivity index (χ0v) is 10.1. The maximum atomic E-state index is 13.1. The van der Waals surface area contributed by atoms with Crippen LogP contribution in [0.1, 0.15) is 24.9 Å². The quantitative estimate of drug-likeness (QED) is 0.639. The van der Waals surface area contributed by atoms with Crippen LogP contribution in [0, 0.1) is 17.5 Å². The minimum absolute atomic E-state index is 0.0983. The molecule has 1 aromatic rings. The summed E-state index contributed by atoms with van der Waals surface area (Å²) < 4.78 is 39.0. The van der Waals surface area contributed by atoms with Crippen molar-refractivity contribution >= 4 is 12.4 Å². The van der Waals surface area contributed by atoms with Crippen LogP contribution in [0.4, 0.5) is 13.2 Å². The molecule has 104 valence electrons. The van der Waals surface area contributed by atoms with Gasteiger partial charge in [-0.15, -0.1) is 0 Å². The zero-order valence-electron chi connectivity index (χ0n) is 10.1. The van der Waals surface area contributed by atoms with Crippen molar-refractivity contribution in [2.45, 2.75) is 19.4 Å². The van der Waals surface area contributed by atoms with E-state index in [9.17, 15) is 22.8 Å². The van der Waals surface area contributed by atoms with E-state index in [1.165, 1.54) is 0 Å². The summed E-state index contributed by atoms with van der Waals surface area (Å²) in [5.41, 5.74) is -0.329. The van der Waals surface area contributed by atoms with Crippen molar-refractivity contribution in [1.29, 1.82) is 0 Å². The number of benzene rings is 1. The van der Waals surface area contributed by atoms with Crippen LogP contribution < -0.4 is 0 Å². The molecule has 0 saturated carbocycles. The minimum Gasteiger partial charge on any atom is -0.479 e.